The molecule has 1 aromatic rings. The SMILES string of the molecule is CC(=S)c1ccc([C@H]2CC[C@H](C)CC2)cc1. The molecule has 0 nitrogen and oxygen atoms in total. The third kappa shape index (κ3) is 2.70. The van der Waals surface area contributed by atoms with Crippen LogP contribution in [0.2, 0.25) is 0 Å². The molecular formula is C15H20S. The van der Waals surface area contributed by atoms with E-state index in [9.17, 15) is 0 Å². The molecule has 1 aliphatic carbocycles. The Bertz CT molecular complexity index is 356. The lowest BCUT2D eigenvalue weighted by molar-refractivity contribution is 0.348. The fourth-order valence-electron chi connectivity index (χ4n) is 2.58. The summed E-state index contributed by atoms with van der Waals surface area (Å²) < 4.78 is 0. The maximum Gasteiger partial charge on any atom is 0.0193 e. The largest absolute Gasteiger partial charge is 0.0846 e. The summed E-state index contributed by atoms with van der Waals surface area (Å²) in [6, 6.07) is 8.89. The lowest BCUT2D eigenvalue weighted by Gasteiger charge is -2.26. The van der Waals surface area contributed by atoms with Crippen LogP contribution in [0.15, 0.2) is 24.3 Å². The van der Waals surface area contributed by atoms with E-state index in [1.807, 2.05) is 6.92 Å². The van der Waals surface area contributed by atoms with Gasteiger partial charge >= 0.3 is 0 Å². The van der Waals surface area contributed by atoms with Gasteiger partial charge in [0.2, 0.25) is 0 Å². The molecule has 0 radical (unpaired) electrons. The first kappa shape index (κ1) is 11.8. The highest BCUT2D eigenvalue weighted by Gasteiger charge is 2.19. The fraction of sp³-hybridized carbons (Fsp3) is 0.533. The van der Waals surface area contributed by atoms with Gasteiger partial charge in [-0.25, -0.2) is 0 Å². The van der Waals surface area contributed by atoms with Gasteiger partial charge in [0.05, 0.1) is 0 Å². The standard InChI is InChI=1S/C15H20S/c1-11-3-5-14(6-4-11)15-9-7-13(8-10-15)12(2)16/h7-11,14H,3-6H2,1-2H3/t11-,14-. The number of benzene rings is 1. The van der Waals surface area contributed by atoms with E-state index >= 15 is 0 Å². The zero-order valence-electron chi connectivity index (χ0n) is 10.2. The second-order valence-corrected chi connectivity index (χ2v) is 5.75. The Labute approximate surface area is 104 Å². The minimum atomic E-state index is 0.788. The summed E-state index contributed by atoms with van der Waals surface area (Å²) in [6.07, 6.45) is 5.49. The average molecular weight is 232 g/mol. The molecule has 0 N–H and O–H groups in total. The van der Waals surface area contributed by atoms with Crippen molar-refractivity contribution >= 4 is 17.1 Å². The molecule has 0 atom stereocenters. The van der Waals surface area contributed by atoms with Gasteiger partial charge in [0.15, 0.2) is 0 Å². The van der Waals surface area contributed by atoms with Crippen molar-refractivity contribution in [3.05, 3.63) is 35.4 Å². The summed E-state index contributed by atoms with van der Waals surface area (Å²) in [7, 11) is 0. The zero-order chi connectivity index (χ0) is 11.5. The van der Waals surface area contributed by atoms with Crippen molar-refractivity contribution in [1.29, 1.82) is 0 Å². The smallest absolute Gasteiger partial charge is 0.0193 e. The Balaban J connectivity index is 2.07. The molecule has 0 unspecified atom stereocenters. The van der Waals surface area contributed by atoms with Gasteiger partial charge in [0.1, 0.15) is 0 Å². The Kier molecular flexibility index (Phi) is 3.75. The second kappa shape index (κ2) is 5.09. The van der Waals surface area contributed by atoms with Gasteiger partial charge in [-0.05, 0) is 42.7 Å². The summed E-state index contributed by atoms with van der Waals surface area (Å²) in [4.78, 5) is 0.990. The predicted octanol–water partition coefficient (Wildman–Crippen LogP) is 4.72. The molecule has 0 heterocycles. The highest BCUT2D eigenvalue weighted by atomic mass is 32.1. The Morgan fingerprint density at radius 2 is 1.62 bits per heavy atom. The Morgan fingerprint density at radius 3 is 2.12 bits per heavy atom. The topological polar surface area (TPSA) is 0 Å². The van der Waals surface area contributed by atoms with Crippen LogP contribution < -0.4 is 0 Å². The lowest BCUT2D eigenvalue weighted by Crippen LogP contribution is -2.10. The van der Waals surface area contributed by atoms with Gasteiger partial charge in [-0.15, -0.1) is 0 Å². The minimum absolute atomic E-state index is 0.788. The minimum Gasteiger partial charge on any atom is -0.0846 e. The van der Waals surface area contributed by atoms with E-state index in [0.29, 0.717) is 0 Å². The molecule has 0 aromatic heterocycles. The molecule has 0 bridgehead atoms. The first-order chi connectivity index (χ1) is 7.66. The Hall–Kier alpha value is -0.690. The number of hydrogen-bond acceptors (Lipinski definition) is 1. The van der Waals surface area contributed by atoms with E-state index in [1.165, 1.54) is 36.8 Å². The molecule has 0 aliphatic heterocycles. The normalized spacial score (nSPS) is 25.4. The molecule has 86 valence electrons. The lowest BCUT2D eigenvalue weighted by atomic mass is 9.79. The van der Waals surface area contributed by atoms with Gasteiger partial charge in [0.25, 0.3) is 0 Å². The average Bonchev–Trinajstić information content (AvgIpc) is 2.30. The Morgan fingerprint density at radius 1 is 1.06 bits per heavy atom. The molecule has 2 rings (SSSR count). The first-order valence-electron chi connectivity index (χ1n) is 6.27. The van der Waals surface area contributed by atoms with Crippen LogP contribution >= 0.6 is 12.2 Å². The van der Waals surface area contributed by atoms with E-state index in [2.05, 4.69) is 31.2 Å². The maximum atomic E-state index is 5.18. The summed E-state index contributed by atoms with van der Waals surface area (Å²) in [5, 5.41) is 0. The van der Waals surface area contributed by atoms with Crippen LogP contribution in [0.5, 0.6) is 0 Å². The van der Waals surface area contributed by atoms with Gasteiger partial charge in [-0.3, -0.25) is 0 Å². The molecule has 16 heavy (non-hydrogen) atoms. The van der Waals surface area contributed by atoms with Crippen molar-refractivity contribution in [2.45, 2.75) is 45.4 Å². The molecule has 1 saturated carbocycles. The quantitative estimate of drug-likeness (QED) is 0.525. The molecule has 0 saturated heterocycles. The fourth-order valence-corrected chi connectivity index (χ4v) is 2.72. The highest BCUT2D eigenvalue weighted by Crippen LogP contribution is 2.35. The molecule has 0 spiro atoms. The summed E-state index contributed by atoms with van der Waals surface area (Å²) >= 11 is 5.18. The first-order valence-corrected chi connectivity index (χ1v) is 6.68. The second-order valence-electron chi connectivity index (χ2n) is 5.13. The monoisotopic (exact) mass is 232 g/mol. The van der Waals surface area contributed by atoms with Crippen molar-refractivity contribution in [2.24, 2.45) is 5.92 Å². The third-order valence-electron chi connectivity index (χ3n) is 3.80. The summed E-state index contributed by atoms with van der Waals surface area (Å²) in [5.74, 6) is 1.72. The van der Waals surface area contributed by atoms with Crippen LogP contribution in [0.25, 0.3) is 0 Å². The third-order valence-corrected chi connectivity index (χ3v) is 4.04. The van der Waals surface area contributed by atoms with Crippen molar-refractivity contribution in [3.8, 4) is 0 Å². The van der Waals surface area contributed by atoms with Crippen LogP contribution in [-0.2, 0) is 0 Å². The van der Waals surface area contributed by atoms with Crippen LogP contribution in [0.4, 0.5) is 0 Å². The molecular weight excluding hydrogens is 212 g/mol. The summed E-state index contributed by atoms with van der Waals surface area (Å²) in [5.41, 5.74) is 2.70. The zero-order valence-corrected chi connectivity index (χ0v) is 11.0. The van der Waals surface area contributed by atoms with E-state index in [4.69, 9.17) is 12.2 Å². The number of hydrogen-bond donors (Lipinski definition) is 0. The van der Waals surface area contributed by atoms with Crippen LogP contribution in [0.1, 0.15) is 56.6 Å². The molecule has 1 fully saturated rings. The van der Waals surface area contributed by atoms with E-state index in [-0.39, 0.29) is 0 Å². The van der Waals surface area contributed by atoms with Crippen molar-refractivity contribution < 1.29 is 0 Å². The van der Waals surface area contributed by atoms with Gasteiger partial charge in [-0.1, -0.05) is 56.2 Å². The van der Waals surface area contributed by atoms with Gasteiger partial charge < -0.3 is 0 Å². The molecule has 1 heteroatoms. The van der Waals surface area contributed by atoms with Crippen molar-refractivity contribution in [3.63, 3.8) is 0 Å². The van der Waals surface area contributed by atoms with E-state index in [1.54, 1.807) is 0 Å². The van der Waals surface area contributed by atoms with Gasteiger partial charge in [0, 0.05) is 4.86 Å². The molecule has 0 amide bonds. The molecule has 1 aliphatic rings. The van der Waals surface area contributed by atoms with E-state index < -0.39 is 0 Å². The van der Waals surface area contributed by atoms with Crippen LogP contribution in [0, 0.1) is 5.92 Å². The number of rotatable bonds is 2. The van der Waals surface area contributed by atoms with Crippen molar-refractivity contribution in [2.75, 3.05) is 0 Å². The molecule has 1 aromatic carbocycles. The van der Waals surface area contributed by atoms with Crippen LogP contribution in [0.3, 0.4) is 0 Å². The predicted molar refractivity (Wildman–Crippen MR) is 74.2 cm³/mol. The maximum absolute atomic E-state index is 5.18. The van der Waals surface area contributed by atoms with Crippen LogP contribution in [-0.4, -0.2) is 4.86 Å². The van der Waals surface area contributed by atoms with Gasteiger partial charge in [-0.2, -0.15) is 0 Å². The number of thiocarbonyl (C=S) groups is 1. The summed E-state index contributed by atoms with van der Waals surface area (Å²) in [6.45, 7) is 4.36. The van der Waals surface area contributed by atoms with Crippen molar-refractivity contribution in [1.82, 2.24) is 0 Å². The highest BCUT2D eigenvalue weighted by molar-refractivity contribution is 7.80. The van der Waals surface area contributed by atoms with E-state index in [0.717, 1.165) is 16.7 Å².